The van der Waals surface area contributed by atoms with Gasteiger partial charge in [-0.15, -0.1) is 0 Å². The maximum absolute atomic E-state index is 13.9. The minimum atomic E-state index is -0.547. The van der Waals surface area contributed by atoms with Crippen LogP contribution in [0.15, 0.2) is 47.2 Å². The lowest BCUT2D eigenvalue weighted by Crippen LogP contribution is -2.18. The number of amides is 1. The number of nitrogens with zero attached hydrogens (tertiary/aromatic N) is 3. The Morgan fingerprint density at radius 2 is 2.17 bits per heavy atom. The summed E-state index contributed by atoms with van der Waals surface area (Å²) in [7, 11) is 3.84. The van der Waals surface area contributed by atoms with E-state index in [4.69, 9.17) is 21.1 Å². The third-order valence-corrected chi connectivity index (χ3v) is 6.01. The van der Waals surface area contributed by atoms with Crippen LogP contribution in [0.2, 0.25) is 5.02 Å². The molecule has 1 atom stereocenters. The van der Waals surface area contributed by atoms with Crippen LogP contribution >= 0.6 is 27.5 Å². The molecule has 1 saturated heterocycles. The van der Waals surface area contributed by atoms with Crippen molar-refractivity contribution in [3.8, 4) is 5.75 Å². The lowest BCUT2D eigenvalue weighted by atomic mass is 10.1. The van der Waals surface area contributed by atoms with Gasteiger partial charge >= 0.3 is 0 Å². The number of nitrogens with one attached hydrogen (secondary N) is 2. The molecule has 184 valence electrons. The van der Waals surface area contributed by atoms with Gasteiger partial charge in [-0.2, -0.15) is 0 Å². The Bertz CT molecular complexity index is 1240. The summed E-state index contributed by atoms with van der Waals surface area (Å²) in [5.74, 6) is 0.104. The zero-order valence-corrected chi connectivity index (χ0v) is 21.5. The number of hydrogen-bond donors (Lipinski definition) is 2. The van der Waals surface area contributed by atoms with E-state index in [-0.39, 0.29) is 21.5 Å². The number of benzene rings is 2. The number of anilines is 3. The Kier molecular flexibility index (Phi) is 8.17. The molecule has 0 spiro atoms. The summed E-state index contributed by atoms with van der Waals surface area (Å²) in [6.45, 7) is 1.73. The van der Waals surface area contributed by atoms with Crippen LogP contribution in [0.4, 0.5) is 21.6 Å². The molecule has 1 amide bonds. The van der Waals surface area contributed by atoms with Gasteiger partial charge < -0.3 is 25.0 Å². The molecule has 0 radical (unpaired) electrons. The molecule has 3 aromatic rings. The van der Waals surface area contributed by atoms with Gasteiger partial charge in [-0.1, -0.05) is 17.7 Å². The van der Waals surface area contributed by atoms with Crippen LogP contribution in [0.3, 0.4) is 0 Å². The first kappa shape index (κ1) is 25.3. The molecule has 4 rings (SSSR count). The summed E-state index contributed by atoms with van der Waals surface area (Å²) in [5.41, 5.74) is 1.61. The predicted molar refractivity (Wildman–Crippen MR) is 138 cm³/mol. The van der Waals surface area contributed by atoms with Crippen LogP contribution in [0.5, 0.6) is 5.75 Å². The molecule has 1 aromatic heterocycles. The molecule has 2 aromatic carbocycles. The number of hydrogen-bond acceptors (Lipinski definition) is 7. The lowest BCUT2D eigenvalue weighted by molar-refractivity contribution is -0.111. The number of likely N-dealkylation sites (N-methyl/N-ethyl adjacent to an activating group) is 1. The van der Waals surface area contributed by atoms with Gasteiger partial charge in [0.25, 0.3) is 0 Å². The summed E-state index contributed by atoms with van der Waals surface area (Å²) in [4.78, 5) is 23.3. The first-order chi connectivity index (χ1) is 16.8. The highest BCUT2D eigenvalue weighted by Crippen LogP contribution is 2.36. The molecule has 0 aliphatic carbocycles. The largest absolute Gasteiger partial charge is 0.486 e. The quantitative estimate of drug-likeness (QED) is 0.289. The van der Waals surface area contributed by atoms with Crippen molar-refractivity contribution >= 4 is 61.5 Å². The molecule has 1 aliphatic rings. The van der Waals surface area contributed by atoms with Crippen molar-refractivity contribution in [2.75, 3.05) is 44.5 Å². The molecular formula is C24H24BrClFN5O3. The summed E-state index contributed by atoms with van der Waals surface area (Å²) in [6.07, 6.45) is 5.30. The van der Waals surface area contributed by atoms with Crippen LogP contribution in [0.25, 0.3) is 10.9 Å². The summed E-state index contributed by atoms with van der Waals surface area (Å²) in [6, 6.07) is 6.53. The van der Waals surface area contributed by atoms with Gasteiger partial charge in [0.15, 0.2) is 5.82 Å². The fourth-order valence-corrected chi connectivity index (χ4v) is 4.27. The average molecular weight is 565 g/mol. The van der Waals surface area contributed by atoms with Crippen LogP contribution < -0.4 is 15.4 Å². The number of carbonyl (C=O) groups excluding carboxylic acids is 1. The Balaban J connectivity index is 1.70. The zero-order chi connectivity index (χ0) is 24.9. The van der Waals surface area contributed by atoms with E-state index in [0.29, 0.717) is 53.6 Å². The minimum absolute atomic E-state index is 0.0350. The van der Waals surface area contributed by atoms with Gasteiger partial charge in [-0.3, -0.25) is 4.79 Å². The fourth-order valence-electron chi connectivity index (χ4n) is 3.47. The monoisotopic (exact) mass is 563 g/mol. The van der Waals surface area contributed by atoms with Gasteiger partial charge in [-0.05, 0) is 48.2 Å². The molecule has 0 saturated carbocycles. The van der Waals surface area contributed by atoms with Gasteiger partial charge in [0.1, 0.15) is 24.0 Å². The number of rotatable bonds is 8. The van der Waals surface area contributed by atoms with E-state index in [9.17, 15) is 9.18 Å². The van der Waals surface area contributed by atoms with E-state index in [0.717, 1.165) is 6.42 Å². The number of aromatic nitrogens is 2. The first-order valence-corrected chi connectivity index (χ1v) is 12.0. The van der Waals surface area contributed by atoms with Crippen molar-refractivity contribution in [1.29, 1.82) is 0 Å². The molecule has 2 heterocycles. The van der Waals surface area contributed by atoms with Gasteiger partial charge in [0.2, 0.25) is 5.91 Å². The summed E-state index contributed by atoms with van der Waals surface area (Å²) < 4.78 is 25.7. The molecule has 35 heavy (non-hydrogen) atoms. The van der Waals surface area contributed by atoms with E-state index in [1.54, 1.807) is 24.3 Å². The zero-order valence-electron chi connectivity index (χ0n) is 19.1. The second kappa shape index (κ2) is 11.3. The molecule has 0 bridgehead atoms. The van der Waals surface area contributed by atoms with Crippen molar-refractivity contribution in [2.45, 2.75) is 12.5 Å². The Labute approximate surface area is 215 Å². The molecule has 11 heteroatoms. The lowest BCUT2D eigenvalue weighted by Gasteiger charge is -2.18. The van der Waals surface area contributed by atoms with E-state index >= 15 is 0 Å². The predicted octanol–water partition coefficient (Wildman–Crippen LogP) is 5.15. The maximum atomic E-state index is 13.9. The van der Waals surface area contributed by atoms with E-state index in [2.05, 4.69) is 36.5 Å². The Hall–Kier alpha value is -2.79. The Morgan fingerprint density at radius 3 is 2.89 bits per heavy atom. The van der Waals surface area contributed by atoms with Gasteiger partial charge in [-0.25, -0.2) is 14.4 Å². The van der Waals surface area contributed by atoms with Crippen molar-refractivity contribution in [3.05, 3.63) is 58.1 Å². The summed E-state index contributed by atoms with van der Waals surface area (Å²) >= 11 is 9.15. The van der Waals surface area contributed by atoms with Crippen molar-refractivity contribution < 1.29 is 18.7 Å². The van der Waals surface area contributed by atoms with Crippen LogP contribution in [-0.4, -0.2) is 60.7 Å². The van der Waals surface area contributed by atoms with Crippen molar-refractivity contribution in [2.24, 2.45) is 0 Å². The van der Waals surface area contributed by atoms with Gasteiger partial charge in [0, 0.05) is 36.2 Å². The Morgan fingerprint density at radius 1 is 1.34 bits per heavy atom. The second-order valence-electron chi connectivity index (χ2n) is 8.22. The second-order valence-corrected chi connectivity index (χ2v) is 9.49. The molecule has 2 N–H and O–H groups in total. The van der Waals surface area contributed by atoms with Crippen molar-refractivity contribution in [1.82, 2.24) is 14.9 Å². The summed E-state index contributed by atoms with van der Waals surface area (Å²) in [5, 5.41) is 6.64. The van der Waals surface area contributed by atoms with E-state index < -0.39 is 5.82 Å². The smallest absolute Gasteiger partial charge is 0.248 e. The highest BCUT2D eigenvalue weighted by molar-refractivity contribution is 9.10. The number of ether oxygens (including phenoxy) is 2. The molecule has 8 nitrogen and oxygen atoms in total. The highest BCUT2D eigenvalue weighted by atomic mass is 79.9. The topological polar surface area (TPSA) is 88.6 Å². The van der Waals surface area contributed by atoms with E-state index in [1.807, 2.05) is 19.0 Å². The van der Waals surface area contributed by atoms with E-state index in [1.165, 1.54) is 18.5 Å². The molecular weight excluding hydrogens is 541 g/mol. The number of halogens is 3. The highest BCUT2D eigenvalue weighted by Gasteiger charge is 2.21. The average Bonchev–Trinajstić information content (AvgIpc) is 3.31. The third kappa shape index (κ3) is 6.46. The SMILES string of the molecule is CN(C)C/C=C/C(=O)Nc1cc2c(Nc3cc(Cl)c(F)c(Br)c3)ncnc2cc1OC1CCOC1. The van der Waals surface area contributed by atoms with Crippen LogP contribution in [-0.2, 0) is 9.53 Å². The fraction of sp³-hybridized carbons (Fsp3) is 0.292. The van der Waals surface area contributed by atoms with Crippen molar-refractivity contribution in [3.63, 3.8) is 0 Å². The third-order valence-electron chi connectivity index (χ3n) is 5.16. The normalized spacial score (nSPS) is 15.8. The van der Waals surface area contributed by atoms with Gasteiger partial charge in [0.05, 0.1) is 33.9 Å². The molecule has 1 unspecified atom stereocenters. The van der Waals surface area contributed by atoms with Crippen LogP contribution in [0, 0.1) is 5.82 Å². The first-order valence-electron chi connectivity index (χ1n) is 10.9. The standard InChI is InChI=1S/C24H24BrClFN5O3/c1-32(2)6-3-4-22(33)31-20-10-16-19(11-21(20)35-15-5-7-34-12-15)28-13-29-24(16)30-14-8-17(25)23(27)18(26)9-14/h3-4,8-11,13,15H,5-7,12H2,1-2H3,(H,31,33)(H,28,29,30)/b4-3+. The number of fused-ring (bicyclic) bond motifs is 1. The minimum Gasteiger partial charge on any atom is -0.486 e. The molecule has 1 fully saturated rings. The molecule has 1 aliphatic heterocycles. The van der Waals surface area contributed by atoms with Crippen LogP contribution in [0.1, 0.15) is 6.42 Å². The maximum Gasteiger partial charge on any atom is 0.248 e. The number of carbonyl (C=O) groups is 1.